The largest absolute Gasteiger partial charge is 0.494 e. The molecule has 7 heteroatoms. The summed E-state index contributed by atoms with van der Waals surface area (Å²) in [5.41, 5.74) is -1.02. The number of benzene rings is 1. The van der Waals surface area contributed by atoms with Crippen LogP contribution in [0.3, 0.4) is 0 Å². The normalized spacial score (nSPS) is 10.1. The molecule has 1 aromatic heterocycles. The summed E-state index contributed by atoms with van der Waals surface area (Å²) in [6.45, 7) is 4.38. The van der Waals surface area contributed by atoms with E-state index in [9.17, 15) is 24.3 Å². The number of halogens is 1. The number of hydrogen-bond acceptors (Lipinski definition) is 5. The zero-order chi connectivity index (χ0) is 18.6. The van der Waals surface area contributed by atoms with Crippen LogP contribution in [-0.4, -0.2) is 22.1 Å². The minimum absolute atomic E-state index is 0.0568. The topological polar surface area (TPSA) is 92.3 Å². The number of aromatic hydroxyl groups is 1. The van der Waals surface area contributed by atoms with E-state index in [0.29, 0.717) is 0 Å². The predicted octanol–water partition coefficient (Wildman–Crippen LogP) is 2.32. The monoisotopic (exact) mass is 342 g/mol. The van der Waals surface area contributed by atoms with Gasteiger partial charge in [-0.05, 0) is 36.8 Å². The van der Waals surface area contributed by atoms with E-state index in [0.717, 1.165) is 4.57 Å². The van der Waals surface area contributed by atoms with Crippen LogP contribution in [0.4, 0.5) is 4.39 Å². The molecule has 0 saturated carbocycles. The fraction of sp³-hybridized carbons (Fsp3) is 0.167. The number of ketones is 1. The van der Waals surface area contributed by atoms with Gasteiger partial charge < -0.3 is 9.84 Å². The molecule has 0 spiro atoms. The Hall–Kier alpha value is -3.40. The average molecular weight is 342 g/mol. The van der Waals surface area contributed by atoms with Crippen molar-refractivity contribution < 1.29 is 19.0 Å². The molecule has 0 aliphatic carbocycles. The third-order valence-corrected chi connectivity index (χ3v) is 3.57. The molecule has 0 bridgehead atoms. The van der Waals surface area contributed by atoms with Crippen molar-refractivity contribution in [2.45, 2.75) is 13.5 Å². The maximum absolute atomic E-state index is 12.9. The summed E-state index contributed by atoms with van der Waals surface area (Å²) in [5, 5.41) is 19.5. The molecule has 2 rings (SSSR count). The Morgan fingerprint density at radius 1 is 1.44 bits per heavy atom. The van der Waals surface area contributed by atoms with Crippen LogP contribution in [-0.2, 0) is 6.54 Å². The second-order valence-corrected chi connectivity index (χ2v) is 5.18. The van der Waals surface area contributed by atoms with Crippen LogP contribution in [0.5, 0.6) is 11.6 Å². The first-order valence-electron chi connectivity index (χ1n) is 7.29. The van der Waals surface area contributed by atoms with Crippen LogP contribution in [0.25, 0.3) is 0 Å². The molecule has 0 unspecified atom stereocenters. The molecule has 6 nitrogen and oxygen atoms in total. The van der Waals surface area contributed by atoms with Gasteiger partial charge in [0.25, 0.3) is 5.56 Å². The number of pyridine rings is 1. The first-order valence-corrected chi connectivity index (χ1v) is 7.29. The van der Waals surface area contributed by atoms with Gasteiger partial charge in [-0.2, -0.15) is 5.26 Å². The van der Waals surface area contributed by atoms with E-state index in [4.69, 9.17) is 4.74 Å². The molecule has 2 aromatic rings. The minimum atomic E-state index is -0.701. The lowest BCUT2D eigenvalue weighted by molar-refractivity contribution is 0.0916. The van der Waals surface area contributed by atoms with Gasteiger partial charge >= 0.3 is 0 Å². The Bertz CT molecular complexity index is 924. The summed E-state index contributed by atoms with van der Waals surface area (Å²) < 4.78 is 19.0. The Kier molecular flexibility index (Phi) is 5.35. The Morgan fingerprint density at radius 3 is 2.64 bits per heavy atom. The van der Waals surface area contributed by atoms with Gasteiger partial charge in [0.2, 0.25) is 11.7 Å². The predicted molar refractivity (Wildman–Crippen MR) is 88.2 cm³/mol. The van der Waals surface area contributed by atoms with Gasteiger partial charge in [0.1, 0.15) is 23.2 Å². The van der Waals surface area contributed by atoms with E-state index in [1.54, 1.807) is 6.07 Å². The highest BCUT2D eigenvalue weighted by molar-refractivity contribution is 6.01. The van der Waals surface area contributed by atoms with Crippen molar-refractivity contribution in [2.75, 3.05) is 6.61 Å². The smallest absolute Gasteiger partial charge is 0.271 e. The summed E-state index contributed by atoms with van der Waals surface area (Å²) in [5.74, 6) is -1.34. The lowest BCUT2D eigenvalue weighted by atomic mass is 10.0. The molecule has 1 aromatic carbocycles. The highest BCUT2D eigenvalue weighted by Crippen LogP contribution is 2.23. The number of allylic oxidation sites excluding steroid dienone is 1. The van der Waals surface area contributed by atoms with Gasteiger partial charge in [-0.15, -0.1) is 6.58 Å². The summed E-state index contributed by atoms with van der Waals surface area (Å²) in [7, 11) is 0. The molecular formula is C18H15FN2O4. The molecule has 25 heavy (non-hydrogen) atoms. The number of nitriles is 1. The number of ether oxygens (including phenoxy) is 1. The van der Waals surface area contributed by atoms with Crippen LogP contribution >= 0.6 is 0 Å². The molecular weight excluding hydrogens is 327 g/mol. The number of aromatic nitrogens is 1. The van der Waals surface area contributed by atoms with Gasteiger partial charge in [-0.25, -0.2) is 4.39 Å². The van der Waals surface area contributed by atoms with E-state index in [2.05, 4.69) is 6.58 Å². The quantitative estimate of drug-likeness (QED) is 0.642. The van der Waals surface area contributed by atoms with Crippen LogP contribution in [0, 0.1) is 24.1 Å². The van der Waals surface area contributed by atoms with E-state index in [1.807, 2.05) is 0 Å². The van der Waals surface area contributed by atoms with Crippen molar-refractivity contribution in [2.24, 2.45) is 0 Å². The van der Waals surface area contributed by atoms with Crippen molar-refractivity contribution in [3.63, 3.8) is 0 Å². The second kappa shape index (κ2) is 7.45. The molecule has 0 atom stereocenters. The maximum atomic E-state index is 12.9. The van der Waals surface area contributed by atoms with E-state index < -0.39 is 29.6 Å². The standard InChI is InChI=1S/C18H15FN2O4/c1-3-8-21-17(23)14(9-20)11(2)16(18(21)24)15(22)10-25-13-6-4-12(19)5-7-13/h3-7,24H,1,8,10H2,2H3. The zero-order valence-corrected chi connectivity index (χ0v) is 13.5. The highest BCUT2D eigenvalue weighted by atomic mass is 19.1. The van der Waals surface area contributed by atoms with E-state index in [1.165, 1.54) is 37.3 Å². The number of carbonyl (C=O) groups is 1. The van der Waals surface area contributed by atoms with Crippen molar-refractivity contribution in [3.05, 3.63) is 69.8 Å². The molecule has 0 radical (unpaired) electrons. The van der Waals surface area contributed by atoms with Gasteiger partial charge in [-0.1, -0.05) is 6.08 Å². The zero-order valence-electron chi connectivity index (χ0n) is 13.5. The molecule has 0 fully saturated rings. The van der Waals surface area contributed by atoms with Crippen molar-refractivity contribution >= 4 is 5.78 Å². The van der Waals surface area contributed by atoms with Gasteiger partial charge in [0.05, 0.1) is 5.56 Å². The first kappa shape index (κ1) is 17.9. The molecule has 0 amide bonds. The molecule has 0 aliphatic rings. The Morgan fingerprint density at radius 2 is 2.08 bits per heavy atom. The molecule has 1 heterocycles. The average Bonchev–Trinajstić information content (AvgIpc) is 2.58. The highest BCUT2D eigenvalue weighted by Gasteiger charge is 2.23. The fourth-order valence-electron chi connectivity index (χ4n) is 2.34. The summed E-state index contributed by atoms with van der Waals surface area (Å²) in [6.07, 6.45) is 1.36. The second-order valence-electron chi connectivity index (χ2n) is 5.18. The van der Waals surface area contributed by atoms with E-state index >= 15 is 0 Å². The lowest BCUT2D eigenvalue weighted by Crippen LogP contribution is -2.27. The number of Topliss-reactive ketones (excluding diaryl/α,β-unsaturated/α-hetero) is 1. The van der Waals surface area contributed by atoms with Crippen molar-refractivity contribution in [1.82, 2.24) is 4.57 Å². The third-order valence-electron chi connectivity index (χ3n) is 3.57. The number of nitrogens with zero attached hydrogens (tertiary/aromatic N) is 2. The maximum Gasteiger partial charge on any atom is 0.271 e. The van der Waals surface area contributed by atoms with E-state index in [-0.39, 0.29) is 29.0 Å². The SMILES string of the molecule is C=CCn1c(O)c(C(=O)COc2ccc(F)cc2)c(C)c(C#N)c1=O. The summed E-state index contributed by atoms with van der Waals surface area (Å²) in [4.78, 5) is 24.6. The minimum Gasteiger partial charge on any atom is -0.494 e. The number of rotatable bonds is 6. The van der Waals surface area contributed by atoms with Gasteiger partial charge in [0, 0.05) is 6.54 Å². The van der Waals surface area contributed by atoms with Gasteiger partial charge in [0.15, 0.2) is 6.61 Å². The van der Waals surface area contributed by atoms with Crippen molar-refractivity contribution in [3.8, 4) is 17.7 Å². The Balaban J connectivity index is 2.40. The number of carbonyl (C=O) groups excluding carboxylic acids is 1. The van der Waals surface area contributed by atoms with Crippen LogP contribution < -0.4 is 10.3 Å². The molecule has 0 saturated heterocycles. The molecule has 0 aliphatic heterocycles. The Labute approximate surface area is 143 Å². The van der Waals surface area contributed by atoms with Crippen molar-refractivity contribution in [1.29, 1.82) is 5.26 Å². The lowest BCUT2D eigenvalue weighted by Gasteiger charge is -2.14. The molecule has 1 N–H and O–H groups in total. The summed E-state index contributed by atoms with van der Waals surface area (Å²) >= 11 is 0. The van der Waals surface area contributed by atoms with Gasteiger partial charge in [-0.3, -0.25) is 14.2 Å². The van der Waals surface area contributed by atoms with Crippen LogP contribution in [0.2, 0.25) is 0 Å². The third kappa shape index (κ3) is 3.58. The fourth-order valence-corrected chi connectivity index (χ4v) is 2.34. The summed E-state index contributed by atoms with van der Waals surface area (Å²) in [6, 6.07) is 6.83. The number of hydrogen-bond donors (Lipinski definition) is 1. The first-order chi connectivity index (χ1) is 11.9. The van der Waals surface area contributed by atoms with Crippen LogP contribution in [0.1, 0.15) is 21.5 Å². The van der Waals surface area contributed by atoms with Crippen LogP contribution in [0.15, 0.2) is 41.7 Å². The molecule has 128 valence electrons.